The van der Waals surface area contributed by atoms with Gasteiger partial charge in [0.25, 0.3) is 0 Å². The van der Waals surface area contributed by atoms with Gasteiger partial charge >= 0.3 is 0 Å². The Morgan fingerprint density at radius 3 is 2.71 bits per heavy atom. The molecule has 0 fully saturated rings. The molecule has 0 aliphatic rings. The van der Waals surface area contributed by atoms with Gasteiger partial charge in [-0.05, 0) is 28.8 Å². The van der Waals surface area contributed by atoms with Crippen LogP contribution in [0.1, 0.15) is 18.9 Å². The van der Waals surface area contributed by atoms with Crippen LogP contribution in [0.5, 0.6) is 0 Å². The lowest BCUT2D eigenvalue weighted by Gasteiger charge is -2.04. The Hall–Kier alpha value is -1.89. The summed E-state index contributed by atoms with van der Waals surface area (Å²) >= 11 is 0. The predicted molar refractivity (Wildman–Crippen MR) is 72.1 cm³/mol. The van der Waals surface area contributed by atoms with Crippen LogP contribution in [0.15, 0.2) is 54.6 Å². The number of carbonyl (C=O) groups is 1. The molecular weight excluding hydrogens is 208 g/mol. The van der Waals surface area contributed by atoms with E-state index in [1.807, 2.05) is 37.3 Å². The molecule has 0 saturated heterocycles. The van der Waals surface area contributed by atoms with Gasteiger partial charge in [-0.2, -0.15) is 0 Å². The summed E-state index contributed by atoms with van der Waals surface area (Å²) in [5.41, 5.74) is 1.11. The van der Waals surface area contributed by atoms with Gasteiger partial charge in [-0.15, -0.1) is 0 Å². The van der Waals surface area contributed by atoms with Crippen LogP contribution in [0.3, 0.4) is 0 Å². The van der Waals surface area contributed by atoms with Crippen LogP contribution in [0.2, 0.25) is 0 Å². The predicted octanol–water partition coefficient (Wildman–Crippen LogP) is 3.92. The summed E-state index contributed by atoms with van der Waals surface area (Å²) in [4.78, 5) is 11.7. The van der Waals surface area contributed by atoms with Gasteiger partial charge in [-0.3, -0.25) is 4.79 Å². The van der Waals surface area contributed by atoms with Crippen LogP contribution in [-0.4, -0.2) is 5.78 Å². The van der Waals surface area contributed by atoms with Crippen LogP contribution in [0.25, 0.3) is 10.8 Å². The van der Waals surface area contributed by atoms with E-state index in [0.717, 1.165) is 12.0 Å². The van der Waals surface area contributed by atoms with Gasteiger partial charge in [0.1, 0.15) is 0 Å². The Morgan fingerprint density at radius 2 is 1.88 bits per heavy atom. The second-order valence-corrected chi connectivity index (χ2v) is 4.09. The second-order valence-electron chi connectivity index (χ2n) is 4.09. The summed E-state index contributed by atoms with van der Waals surface area (Å²) in [7, 11) is 0. The largest absolute Gasteiger partial charge is 0.294 e. The van der Waals surface area contributed by atoms with Crippen LogP contribution in [0.4, 0.5) is 0 Å². The number of rotatable bonds is 4. The van der Waals surface area contributed by atoms with Crippen LogP contribution in [0, 0.1) is 0 Å². The number of hydrogen-bond acceptors (Lipinski definition) is 1. The Kier molecular flexibility index (Phi) is 3.71. The number of carbonyl (C=O) groups excluding carboxylic acids is 1. The standard InChI is InChI=1S/C16H16O/c1-2-3-10-15(17)12-14-9-6-8-13-7-4-5-11-16(13)14/h3-11H,2,12H2,1H3/b10-3+. The molecule has 0 unspecified atom stereocenters. The molecule has 2 aromatic rings. The average Bonchev–Trinajstić information content (AvgIpc) is 2.37. The lowest BCUT2D eigenvalue weighted by atomic mass is 10.0. The topological polar surface area (TPSA) is 17.1 Å². The summed E-state index contributed by atoms with van der Waals surface area (Å²) in [6.45, 7) is 2.03. The molecule has 1 heteroatoms. The van der Waals surface area contributed by atoms with E-state index in [1.165, 1.54) is 10.8 Å². The van der Waals surface area contributed by atoms with Crippen LogP contribution in [-0.2, 0) is 11.2 Å². The summed E-state index contributed by atoms with van der Waals surface area (Å²) in [6, 6.07) is 14.3. The Morgan fingerprint density at radius 1 is 1.12 bits per heavy atom. The SMILES string of the molecule is CC/C=C/C(=O)Cc1cccc2ccccc12. The zero-order valence-electron chi connectivity index (χ0n) is 10.0. The highest BCUT2D eigenvalue weighted by Crippen LogP contribution is 2.19. The molecule has 2 rings (SSSR count). The number of hydrogen-bond donors (Lipinski definition) is 0. The zero-order chi connectivity index (χ0) is 12.1. The zero-order valence-corrected chi connectivity index (χ0v) is 10.0. The molecule has 0 bridgehead atoms. The van der Waals surface area contributed by atoms with Crippen LogP contribution >= 0.6 is 0 Å². The van der Waals surface area contributed by atoms with E-state index in [9.17, 15) is 4.79 Å². The van der Waals surface area contributed by atoms with Gasteiger partial charge in [0.05, 0.1) is 0 Å². The highest BCUT2D eigenvalue weighted by atomic mass is 16.1. The maximum Gasteiger partial charge on any atom is 0.159 e. The molecule has 0 spiro atoms. The van der Waals surface area contributed by atoms with Gasteiger partial charge in [0.2, 0.25) is 0 Å². The molecule has 0 N–H and O–H groups in total. The fourth-order valence-electron chi connectivity index (χ4n) is 1.94. The lowest BCUT2D eigenvalue weighted by molar-refractivity contribution is -0.114. The van der Waals surface area contributed by atoms with Crippen molar-refractivity contribution in [1.29, 1.82) is 0 Å². The maximum absolute atomic E-state index is 11.7. The first-order valence-corrected chi connectivity index (χ1v) is 5.97. The van der Waals surface area contributed by atoms with E-state index in [1.54, 1.807) is 6.08 Å². The fourth-order valence-corrected chi connectivity index (χ4v) is 1.94. The van der Waals surface area contributed by atoms with Crippen molar-refractivity contribution in [1.82, 2.24) is 0 Å². The Labute approximate surface area is 102 Å². The molecule has 17 heavy (non-hydrogen) atoms. The van der Waals surface area contributed by atoms with Crippen molar-refractivity contribution in [3.05, 3.63) is 60.2 Å². The van der Waals surface area contributed by atoms with Gasteiger partial charge in [0.15, 0.2) is 5.78 Å². The van der Waals surface area contributed by atoms with E-state index in [0.29, 0.717) is 6.42 Å². The third-order valence-electron chi connectivity index (χ3n) is 2.78. The molecule has 86 valence electrons. The fraction of sp³-hybridized carbons (Fsp3) is 0.188. The lowest BCUT2D eigenvalue weighted by Crippen LogP contribution is -1.99. The number of allylic oxidation sites excluding steroid dienone is 2. The summed E-state index contributed by atoms with van der Waals surface area (Å²) in [6.07, 6.45) is 4.98. The molecular formula is C16H16O. The summed E-state index contributed by atoms with van der Waals surface area (Å²) in [5.74, 6) is 0.170. The first-order valence-electron chi connectivity index (χ1n) is 5.97. The minimum Gasteiger partial charge on any atom is -0.294 e. The highest BCUT2D eigenvalue weighted by molar-refractivity contribution is 5.95. The van der Waals surface area contributed by atoms with E-state index in [2.05, 4.69) is 18.2 Å². The van der Waals surface area contributed by atoms with Crippen LogP contribution < -0.4 is 0 Å². The Balaban J connectivity index is 2.30. The van der Waals surface area contributed by atoms with Crippen molar-refractivity contribution in [2.45, 2.75) is 19.8 Å². The molecule has 0 saturated carbocycles. The minimum absolute atomic E-state index is 0.170. The average molecular weight is 224 g/mol. The number of fused-ring (bicyclic) bond motifs is 1. The Bertz CT molecular complexity index is 547. The maximum atomic E-state index is 11.7. The third kappa shape index (κ3) is 2.82. The van der Waals surface area contributed by atoms with Gasteiger partial charge in [-0.1, -0.05) is 55.5 Å². The van der Waals surface area contributed by atoms with Gasteiger partial charge in [-0.25, -0.2) is 0 Å². The van der Waals surface area contributed by atoms with Crippen molar-refractivity contribution < 1.29 is 4.79 Å². The molecule has 0 aliphatic heterocycles. The van der Waals surface area contributed by atoms with E-state index in [-0.39, 0.29) is 5.78 Å². The third-order valence-corrected chi connectivity index (χ3v) is 2.78. The normalized spacial score (nSPS) is 11.1. The smallest absolute Gasteiger partial charge is 0.159 e. The van der Waals surface area contributed by atoms with Crippen molar-refractivity contribution >= 4 is 16.6 Å². The second kappa shape index (κ2) is 5.44. The summed E-state index contributed by atoms with van der Waals surface area (Å²) < 4.78 is 0. The molecule has 1 nitrogen and oxygen atoms in total. The minimum atomic E-state index is 0.170. The molecule has 0 radical (unpaired) electrons. The molecule has 0 atom stereocenters. The van der Waals surface area contributed by atoms with Crippen molar-refractivity contribution in [2.75, 3.05) is 0 Å². The molecule has 0 aliphatic carbocycles. The number of ketones is 1. The van der Waals surface area contributed by atoms with Gasteiger partial charge in [0, 0.05) is 6.42 Å². The van der Waals surface area contributed by atoms with Crippen molar-refractivity contribution in [3.63, 3.8) is 0 Å². The van der Waals surface area contributed by atoms with E-state index < -0.39 is 0 Å². The number of benzene rings is 2. The van der Waals surface area contributed by atoms with E-state index >= 15 is 0 Å². The first kappa shape index (κ1) is 11.6. The van der Waals surface area contributed by atoms with E-state index in [4.69, 9.17) is 0 Å². The molecule has 0 amide bonds. The van der Waals surface area contributed by atoms with Crippen molar-refractivity contribution in [2.24, 2.45) is 0 Å². The molecule has 0 aromatic heterocycles. The first-order chi connectivity index (χ1) is 8.31. The monoisotopic (exact) mass is 224 g/mol. The van der Waals surface area contributed by atoms with Gasteiger partial charge < -0.3 is 0 Å². The molecule has 0 heterocycles. The summed E-state index contributed by atoms with van der Waals surface area (Å²) in [5, 5.41) is 2.37. The quantitative estimate of drug-likeness (QED) is 0.719. The highest BCUT2D eigenvalue weighted by Gasteiger charge is 2.03. The molecule has 2 aromatic carbocycles. The van der Waals surface area contributed by atoms with Crippen molar-refractivity contribution in [3.8, 4) is 0 Å².